The molecule has 0 radical (unpaired) electrons. The third-order valence-electron chi connectivity index (χ3n) is 3.06. The Morgan fingerprint density at radius 3 is 2.26 bits per heavy atom. The quantitative estimate of drug-likeness (QED) is 0.689. The molecule has 8 nitrogen and oxygen atoms in total. The van der Waals surface area contributed by atoms with E-state index in [4.69, 9.17) is 9.05 Å². The van der Waals surface area contributed by atoms with Crippen LogP contribution in [-0.4, -0.2) is 24.2 Å². The summed E-state index contributed by atoms with van der Waals surface area (Å²) in [5.41, 5.74) is -0.985. The molecule has 0 fully saturated rings. The van der Waals surface area contributed by atoms with Crippen LogP contribution in [0.25, 0.3) is 0 Å². The van der Waals surface area contributed by atoms with Gasteiger partial charge in [0.2, 0.25) is 0 Å². The summed E-state index contributed by atoms with van der Waals surface area (Å²) in [6.07, 6.45) is 0. The molecule has 0 amide bonds. The molecule has 0 aliphatic heterocycles. The minimum absolute atomic E-state index is 0.0161. The van der Waals surface area contributed by atoms with Gasteiger partial charge in [0.1, 0.15) is 11.6 Å². The molecular formula is C13H15FN3O5P. The fraction of sp³-hybridized carbons (Fsp3) is 0.231. The number of anilines is 1. The average Bonchev–Trinajstić information content (AvgIpc) is 2.52. The summed E-state index contributed by atoms with van der Waals surface area (Å²) in [6, 6.07) is 6.22. The Bertz CT molecular complexity index is 796. The van der Waals surface area contributed by atoms with E-state index >= 15 is 0 Å². The molecule has 0 bridgehead atoms. The Labute approximate surface area is 130 Å². The first kappa shape index (κ1) is 17.1. The van der Waals surface area contributed by atoms with Crippen molar-refractivity contribution in [2.24, 2.45) is 0 Å². The molecular weight excluding hydrogens is 328 g/mol. The highest BCUT2D eigenvalue weighted by Crippen LogP contribution is 2.59. The van der Waals surface area contributed by atoms with E-state index in [0.29, 0.717) is 5.56 Å². The second-order valence-electron chi connectivity index (χ2n) is 4.50. The van der Waals surface area contributed by atoms with Crippen molar-refractivity contribution in [3.63, 3.8) is 0 Å². The predicted octanol–water partition coefficient (Wildman–Crippen LogP) is 1.80. The van der Waals surface area contributed by atoms with Crippen molar-refractivity contribution in [3.8, 4) is 0 Å². The summed E-state index contributed by atoms with van der Waals surface area (Å²) >= 11 is 0. The summed E-state index contributed by atoms with van der Waals surface area (Å²) < 4.78 is 35.8. The summed E-state index contributed by atoms with van der Waals surface area (Å²) in [6.45, 7) is 0. The van der Waals surface area contributed by atoms with Gasteiger partial charge in [0.25, 0.3) is 5.56 Å². The molecule has 124 valence electrons. The molecule has 10 heteroatoms. The number of hydrogen-bond donors (Lipinski definition) is 3. The van der Waals surface area contributed by atoms with E-state index in [0.717, 1.165) is 6.07 Å². The molecule has 0 aliphatic rings. The molecule has 0 spiro atoms. The van der Waals surface area contributed by atoms with Crippen LogP contribution in [-0.2, 0) is 13.6 Å². The van der Waals surface area contributed by atoms with Crippen LogP contribution in [0.4, 0.5) is 10.2 Å². The van der Waals surface area contributed by atoms with Gasteiger partial charge in [-0.1, -0.05) is 12.1 Å². The van der Waals surface area contributed by atoms with E-state index < -0.39 is 30.4 Å². The van der Waals surface area contributed by atoms with Crippen LogP contribution in [0.1, 0.15) is 11.3 Å². The average molecular weight is 343 g/mol. The van der Waals surface area contributed by atoms with Crippen molar-refractivity contribution in [1.82, 2.24) is 9.97 Å². The van der Waals surface area contributed by atoms with Crippen LogP contribution >= 0.6 is 7.60 Å². The topological polar surface area (TPSA) is 113 Å². The van der Waals surface area contributed by atoms with Crippen LogP contribution < -0.4 is 16.6 Å². The number of rotatable bonds is 6. The van der Waals surface area contributed by atoms with Gasteiger partial charge in [-0.3, -0.25) is 19.3 Å². The van der Waals surface area contributed by atoms with Crippen LogP contribution in [0.3, 0.4) is 0 Å². The summed E-state index contributed by atoms with van der Waals surface area (Å²) in [5.74, 6) is -1.51. The predicted molar refractivity (Wildman–Crippen MR) is 82.1 cm³/mol. The van der Waals surface area contributed by atoms with Gasteiger partial charge < -0.3 is 14.4 Å². The third-order valence-corrected chi connectivity index (χ3v) is 5.14. The van der Waals surface area contributed by atoms with Crippen molar-refractivity contribution < 1.29 is 18.0 Å². The number of nitrogens with one attached hydrogen (secondary N) is 3. The number of aromatic amines is 2. The van der Waals surface area contributed by atoms with Gasteiger partial charge in [0.05, 0.1) is 0 Å². The lowest BCUT2D eigenvalue weighted by Gasteiger charge is -2.26. The number of H-pyrrole nitrogens is 2. The van der Waals surface area contributed by atoms with Crippen LogP contribution in [0, 0.1) is 5.82 Å². The first-order chi connectivity index (χ1) is 10.9. The lowest BCUT2D eigenvalue weighted by molar-refractivity contribution is 0.268. The molecule has 1 aromatic heterocycles. The van der Waals surface area contributed by atoms with Crippen molar-refractivity contribution in [1.29, 1.82) is 0 Å². The number of halogens is 1. The van der Waals surface area contributed by atoms with Gasteiger partial charge >= 0.3 is 13.3 Å². The smallest absolute Gasteiger partial charge is 0.354 e. The van der Waals surface area contributed by atoms with E-state index in [1.54, 1.807) is 0 Å². The SMILES string of the molecule is COP(=O)(OC)[C@H](Nc1cc(=O)[nH]c(=O)[nH]1)c1ccc(F)cc1. The number of hydrogen-bond acceptors (Lipinski definition) is 6. The number of aromatic nitrogens is 2. The molecule has 2 aromatic rings. The second kappa shape index (κ2) is 6.91. The maximum atomic E-state index is 13.1. The fourth-order valence-electron chi connectivity index (χ4n) is 1.97. The second-order valence-corrected chi connectivity index (χ2v) is 6.83. The van der Waals surface area contributed by atoms with Gasteiger partial charge in [-0.25, -0.2) is 9.18 Å². The summed E-state index contributed by atoms with van der Waals surface area (Å²) in [5, 5.41) is 2.73. The molecule has 2 rings (SSSR count). The molecule has 1 aromatic carbocycles. The standard InChI is InChI=1S/C13H15FN3O5P/c1-21-23(20,22-2)12(8-3-5-9(14)6-4-8)15-10-7-11(18)17-13(19)16-10/h3-7,12H,1-2H3,(H3,15,16,17,18,19)/t12-/m0/s1. The lowest BCUT2D eigenvalue weighted by Crippen LogP contribution is -2.24. The molecule has 0 unspecified atom stereocenters. The van der Waals surface area contributed by atoms with Crippen molar-refractivity contribution in [2.75, 3.05) is 19.5 Å². The highest BCUT2D eigenvalue weighted by Gasteiger charge is 2.35. The maximum Gasteiger partial charge on any atom is 0.356 e. The Morgan fingerprint density at radius 2 is 1.74 bits per heavy atom. The van der Waals surface area contributed by atoms with E-state index in [-0.39, 0.29) is 5.82 Å². The lowest BCUT2D eigenvalue weighted by atomic mass is 10.2. The minimum Gasteiger partial charge on any atom is -0.354 e. The van der Waals surface area contributed by atoms with Gasteiger partial charge in [0.15, 0.2) is 5.78 Å². The van der Waals surface area contributed by atoms with Crippen molar-refractivity contribution in [2.45, 2.75) is 5.78 Å². The first-order valence-electron chi connectivity index (χ1n) is 6.45. The normalized spacial score (nSPS) is 12.8. The first-order valence-corrected chi connectivity index (χ1v) is 8.06. The zero-order valence-electron chi connectivity index (χ0n) is 12.3. The maximum absolute atomic E-state index is 13.1. The monoisotopic (exact) mass is 343 g/mol. The van der Waals surface area contributed by atoms with E-state index in [1.807, 2.05) is 4.98 Å². The van der Waals surface area contributed by atoms with E-state index in [2.05, 4.69) is 10.3 Å². The molecule has 0 saturated heterocycles. The van der Waals surface area contributed by atoms with Gasteiger partial charge in [-0.2, -0.15) is 0 Å². The fourth-order valence-corrected chi connectivity index (χ4v) is 3.37. The summed E-state index contributed by atoms with van der Waals surface area (Å²) in [7, 11) is -1.30. The Balaban J connectivity index is 2.49. The van der Waals surface area contributed by atoms with E-state index in [9.17, 15) is 18.5 Å². The molecule has 23 heavy (non-hydrogen) atoms. The number of benzene rings is 1. The zero-order chi connectivity index (χ0) is 17.0. The third kappa shape index (κ3) is 3.95. The molecule has 1 atom stereocenters. The van der Waals surface area contributed by atoms with E-state index in [1.165, 1.54) is 38.5 Å². The molecule has 0 aliphatic carbocycles. The minimum atomic E-state index is -3.69. The molecule has 1 heterocycles. The van der Waals surface area contributed by atoms with Gasteiger partial charge in [0, 0.05) is 20.3 Å². The van der Waals surface area contributed by atoms with Crippen LogP contribution in [0.15, 0.2) is 39.9 Å². The highest BCUT2D eigenvalue weighted by molar-refractivity contribution is 7.54. The Hall–Kier alpha value is -2.22. The highest BCUT2D eigenvalue weighted by atomic mass is 31.2. The van der Waals surface area contributed by atoms with Gasteiger partial charge in [-0.15, -0.1) is 0 Å². The molecule has 0 saturated carbocycles. The molecule has 3 N–H and O–H groups in total. The van der Waals surface area contributed by atoms with Crippen molar-refractivity contribution >= 4 is 13.4 Å². The van der Waals surface area contributed by atoms with Crippen LogP contribution in [0.5, 0.6) is 0 Å². The largest absolute Gasteiger partial charge is 0.356 e. The Morgan fingerprint density at radius 1 is 1.13 bits per heavy atom. The Kier molecular flexibility index (Phi) is 5.15. The zero-order valence-corrected chi connectivity index (χ0v) is 13.2. The van der Waals surface area contributed by atoms with Crippen molar-refractivity contribution in [3.05, 3.63) is 62.6 Å². The van der Waals surface area contributed by atoms with Crippen LogP contribution in [0.2, 0.25) is 0 Å². The van der Waals surface area contributed by atoms with Gasteiger partial charge in [-0.05, 0) is 17.7 Å². The summed E-state index contributed by atoms with van der Waals surface area (Å²) in [4.78, 5) is 27.1.